The van der Waals surface area contributed by atoms with Crippen LogP contribution < -0.4 is 15.4 Å². The lowest BCUT2D eigenvalue weighted by Crippen LogP contribution is -2.30. The second-order valence-corrected chi connectivity index (χ2v) is 6.42. The van der Waals surface area contributed by atoms with Crippen molar-refractivity contribution in [3.05, 3.63) is 60.2 Å². The Balaban J connectivity index is 1.61. The summed E-state index contributed by atoms with van der Waals surface area (Å²) in [7, 11) is 0. The molecule has 0 bridgehead atoms. The number of carbonyl (C=O) groups excluding carboxylic acids is 1. The molecule has 0 fully saturated rings. The van der Waals surface area contributed by atoms with Crippen molar-refractivity contribution in [1.82, 2.24) is 5.32 Å². The number of amides is 1. The summed E-state index contributed by atoms with van der Waals surface area (Å²) in [6.45, 7) is 3.80. The largest absolute Gasteiger partial charge is 0.489 e. The third-order valence-corrected chi connectivity index (χ3v) is 4.16. The maximum atomic E-state index is 11.8. The van der Waals surface area contributed by atoms with Crippen LogP contribution in [-0.2, 0) is 11.4 Å². The standard InChI is InChI=1S/C22H30N2O2/c1-2-3-4-5-9-16-23-22(25)17-24-20-12-14-21(15-13-20)26-18-19-10-7-6-8-11-19/h6-8,10-15,24H,2-5,9,16-18H2,1H3,(H,23,25). The lowest BCUT2D eigenvalue weighted by atomic mass is 10.1. The minimum atomic E-state index is 0.0323. The van der Waals surface area contributed by atoms with E-state index >= 15 is 0 Å². The summed E-state index contributed by atoms with van der Waals surface area (Å²) < 4.78 is 5.76. The number of hydrogen-bond donors (Lipinski definition) is 2. The molecule has 2 rings (SSSR count). The minimum absolute atomic E-state index is 0.0323. The van der Waals surface area contributed by atoms with Crippen LogP contribution in [0.25, 0.3) is 0 Å². The van der Waals surface area contributed by atoms with Crippen molar-refractivity contribution >= 4 is 11.6 Å². The van der Waals surface area contributed by atoms with E-state index in [1.807, 2.05) is 54.6 Å². The zero-order valence-electron chi connectivity index (χ0n) is 15.7. The Hall–Kier alpha value is -2.49. The number of nitrogens with one attached hydrogen (secondary N) is 2. The molecule has 2 N–H and O–H groups in total. The van der Waals surface area contributed by atoms with Crippen LogP contribution in [0, 0.1) is 0 Å². The van der Waals surface area contributed by atoms with Gasteiger partial charge in [-0.2, -0.15) is 0 Å². The molecule has 0 aromatic heterocycles. The van der Waals surface area contributed by atoms with E-state index in [9.17, 15) is 4.79 Å². The molecule has 0 radical (unpaired) electrons. The van der Waals surface area contributed by atoms with Gasteiger partial charge in [0.15, 0.2) is 0 Å². The van der Waals surface area contributed by atoms with Crippen LogP contribution in [0.15, 0.2) is 54.6 Å². The highest BCUT2D eigenvalue weighted by Crippen LogP contribution is 2.16. The van der Waals surface area contributed by atoms with Gasteiger partial charge in [0.1, 0.15) is 12.4 Å². The lowest BCUT2D eigenvalue weighted by Gasteiger charge is -2.10. The van der Waals surface area contributed by atoms with Crippen molar-refractivity contribution in [2.24, 2.45) is 0 Å². The van der Waals surface area contributed by atoms with Crippen molar-refractivity contribution < 1.29 is 9.53 Å². The van der Waals surface area contributed by atoms with Crippen LogP contribution in [0.3, 0.4) is 0 Å². The van der Waals surface area contributed by atoms with Crippen molar-refractivity contribution in [2.45, 2.75) is 45.6 Å². The van der Waals surface area contributed by atoms with Gasteiger partial charge in [0.05, 0.1) is 6.54 Å². The number of ether oxygens (including phenoxy) is 1. The topological polar surface area (TPSA) is 50.4 Å². The van der Waals surface area contributed by atoms with Gasteiger partial charge >= 0.3 is 0 Å². The number of carbonyl (C=O) groups is 1. The Morgan fingerprint density at radius 1 is 0.923 bits per heavy atom. The zero-order chi connectivity index (χ0) is 18.5. The molecule has 1 amide bonds. The number of anilines is 1. The third kappa shape index (κ3) is 8.06. The Bertz CT molecular complexity index is 626. The summed E-state index contributed by atoms with van der Waals surface area (Å²) in [5, 5.41) is 6.09. The molecule has 2 aromatic rings. The summed E-state index contributed by atoms with van der Waals surface area (Å²) >= 11 is 0. The van der Waals surface area contributed by atoms with Gasteiger partial charge in [-0.3, -0.25) is 4.79 Å². The molecule has 2 aromatic carbocycles. The third-order valence-electron chi connectivity index (χ3n) is 4.16. The van der Waals surface area contributed by atoms with E-state index in [4.69, 9.17) is 4.74 Å². The van der Waals surface area contributed by atoms with Crippen molar-refractivity contribution in [2.75, 3.05) is 18.4 Å². The van der Waals surface area contributed by atoms with E-state index in [-0.39, 0.29) is 5.91 Å². The van der Waals surface area contributed by atoms with Gasteiger partial charge in [0.25, 0.3) is 0 Å². The van der Waals surface area contributed by atoms with Gasteiger partial charge in [0, 0.05) is 12.2 Å². The second kappa shape index (κ2) is 12.0. The van der Waals surface area contributed by atoms with E-state index in [1.54, 1.807) is 0 Å². The fourth-order valence-corrected chi connectivity index (χ4v) is 2.61. The van der Waals surface area contributed by atoms with Crippen LogP contribution in [0.2, 0.25) is 0 Å². The highest BCUT2D eigenvalue weighted by atomic mass is 16.5. The molecule has 0 heterocycles. The van der Waals surface area contributed by atoms with E-state index in [1.165, 1.54) is 25.7 Å². The number of rotatable bonds is 12. The molecule has 4 nitrogen and oxygen atoms in total. The fraction of sp³-hybridized carbons (Fsp3) is 0.409. The first-order chi connectivity index (χ1) is 12.8. The highest BCUT2D eigenvalue weighted by Gasteiger charge is 2.01. The zero-order valence-corrected chi connectivity index (χ0v) is 15.7. The Morgan fingerprint density at radius 2 is 1.65 bits per heavy atom. The van der Waals surface area contributed by atoms with Crippen LogP contribution in [0.1, 0.15) is 44.6 Å². The van der Waals surface area contributed by atoms with Crippen molar-refractivity contribution in [1.29, 1.82) is 0 Å². The van der Waals surface area contributed by atoms with Crippen LogP contribution >= 0.6 is 0 Å². The normalized spacial score (nSPS) is 10.3. The molecular formula is C22H30N2O2. The van der Waals surface area contributed by atoms with Crippen LogP contribution in [0.4, 0.5) is 5.69 Å². The fourth-order valence-electron chi connectivity index (χ4n) is 2.61. The summed E-state index contributed by atoms with van der Waals surface area (Å²) in [5.74, 6) is 0.848. The summed E-state index contributed by atoms with van der Waals surface area (Å²) in [6.07, 6.45) is 6.02. The molecule has 0 aliphatic carbocycles. The first-order valence-electron chi connectivity index (χ1n) is 9.55. The average molecular weight is 354 g/mol. The Kier molecular flexibility index (Phi) is 9.12. The van der Waals surface area contributed by atoms with E-state index in [2.05, 4.69) is 17.6 Å². The average Bonchev–Trinajstić information content (AvgIpc) is 2.69. The maximum absolute atomic E-state index is 11.8. The first-order valence-corrected chi connectivity index (χ1v) is 9.55. The van der Waals surface area contributed by atoms with Gasteiger partial charge in [-0.25, -0.2) is 0 Å². The molecule has 0 unspecified atom stereocenters. The van der Waals surface area contributed by atoms with Gasteiger partial charge < -0.3 is 15.4 Å². The molecule has 0 aliphatic rings. The van der Waals surface area contributed by atoms with Gasteiger partial charge in [-0.05, 0) is 36.2 Å². The summed E-state index contributed by atoms with van der Waals surface area (Å²) in [5.41, 5.74) is 2.05. The predicted octanol–water partition coefficient (Wildman–Crippen LogP) is 4.76. The first kappa shape index (κ1) is 19.8. The molecule has 26 heavy (non-hydrogen) atoms. The number of unbranched alkanes of at least 4 members (excludes halogenated alkanes) is 4. The Morgan fingerprint density at radius 3 is 2.38 bits per heavy atom. The smallest absolute Gasteiger partial charge is 0.239 e. The van der Waals surface area contributed by atoms with E-state index in [0.717, 1.165) is 30.0 Å². The van der Waals surface area contributed by atoms with E-state index in [0.29, 0.717) is 13.2 Å². The summed E-state index contributed by atoms with van der Waals surface area (Å²) in [4.78, 5) is 11.8. The molecule has 4 heteroatoms. The van der Waals surface area contributed by atoms with Crippen molar-refractivity contribution in [3.63, 3.8) is 0 Å². The second-order valence-electron chi connectivity index (χ2n) is 6.42. The molecular weight excluding hydrogens is 324 g/mol. The molecule has 0 aliphatic heterocycles. The predicted molar refractivity (Wildman–Crippen MR) is 107 cm³/mol. The molecule has 0 spiro atoms. The molecule has 0 atom stereocenters. The number of hydrogen-bond acceptors (Lipinski definition) is 3. The van der Waals surface area contributed by atoms with Crippen molar-refractivity contribution in [3.8, 4) is 5.75 Å². The van der Waals surface area contributed by atoms with Crippen LogP contribution in [0.5, 0.6) is 5.75 Å². The van der Waals surface area contributed by atoms with E-state index < -0.39 is 0 Å². The minimum Gasteiger partial charge on any atom is -0.489 e. The SMILES string of the molecule is CCCCCCCNC(=O)CNc1ccc(OCc2ccccc2)cc1. The maximum Gasteiger partial charge on any atom is 0.239 e. The monoisotopic (exact) mass is 354 g/mol. The molecule has 0 saturated carbocycles. The van der Waals surface area contributed by atoms with Gasteiger partial charge in [-0.1, -0.05) is 62.9 Å². The number of benzene rings is 2. The van der Waals surface area contributed by atoms with Crippen LogP contribution in [-0.4, -0.2) is 19.0 Å². The molecule has 0 saturated heterocycles. The summed E-state index contributed by atoms with van der Waals surface area (Å²) in [6, 6.07) is 17.8. The quantitative estimate of drug-likeness (QED) is 0.540. The molecule has 140 valence electrons. The lowest BCUT2D eigenvalue weighted by molar-refractivity contribution is -0.119. The Labute approximate surface area is 157 Å². The highest BCUT2D eigenvalue weighted by molar-refractivity contribution is 5.80. The van der Waals surface area contributed by atoms with Gasteiger partial charge in [0.2, 0.25) is 5.91 Å². The van der Waals surface area contributed by atoms with Gasteiger partial charge in [-0.15, -0.1) is 0 Å².